The molecule has 10 aromatic rings. The van der Waals surface area contributed by atoms with E-state index in [0.29, 0.717) is 0 Å². The van der Waals surface area contributed by atoms with Gasteiger partial charge in [0.2, 0.25) is 5.69 Å². The second-order valence-electron chi connectivity index (χ2n) is 18.9. The van der Waals surface area contributed by atoms with E-state index in [1.54, 1.807) is 0 Å². The van der Waals surface area contributed by atoms with E-state index in [4.69, 9.17) is 4.42 Å². The number of fused-ring (bicyclic) bond motifs is 18. The molecule has 0 bridgehead atoms. The Morgan fingerprint density at radius 3 is 2.05 bits per heavy atom. The highest BCUT2D eigenvalue weighted by Gasteiger charge is 2.67. The molecule has 1 atom stereocenters. The molecule has 12 rings (SSSR count). The summed E-state index contributed by atoms with van der Waals surface area (Å²) in [6.45, 7) is 16.8. The molecular formula is C56H49N3OSi+2. The molecule has 0 N–H and O–H groups in total. The third-order valence-electron chi connectivity index (χ3n) is 13.7. The summed E-state index contributed by atoms with van der Waals surface area (Å²) in [4.78, 5) is 0. The standard InChI is InChI=1S/C56H49N3OSi/c1-34(2)44-31-38(36-17-9-8-10-18-36)32-45(35(3)4)52(44)58-53-40-20-12-11-19-37(40)25-29-49(53)59-55(58)51-47(28-27-42-41-21-14-16-24-50(41)60-54(42)51)56(59)46-23-15-13-22-43(46)48-30-26-39(33-57(48)56)61(5,6)7/h8-35H,1-7H3/q+2. The first-order valence-corrected chi connectivity index (χ1v) is 25.4. The summed E-state index contributed by atoms with van der Waals surface area (Å²) in [6.07, 6.45) is 2.51. The van der Waals surface area contributed by atoms with Gasteiger partial charge in [-0.2, -0.15) is 4.57 Å². The zero-order chi connectivity index (χ0) is 41.5. The number of pyridine rings is 1. The van der Waals surface area contributed by atoms with Crippen molar-refractivity contribution in [2.45, 2.75) is 64.8 Å². The Kier molecular flexibility index (Phi) is 7.58. The van der Waals surface area contributed by atoms with Gasteiger partial charge in [0.1, 0.15) is 16.8 Å². The number of rotatable bonds is 5. The maximum absolute atomic E-state index is 7.19. The lowest BCUT2D eigenvalue weighted by Gasteiger charge is -2.22. The monoisotopic (exact) mass is 807 g/mol. The third-order valence-corrected chi connectivity index (χ3v) is 15.8. The fraction of sp³-hybridized carbons (Fsp3) is 0.179. The van der Waals surface area contributed by atoms with Crippen LogP contribution in [-0.4, -0.2) is 12.6 Å². The minimum atomic E-state index is -1.76. The zero-order valence-electron chi connectivity index (χ0n) is 35.9. The number of para-hydroxylation sites is 1. The minimum absolute atomic E-state index is 0.239. The number of nitrogens with zero attached hydrogens (tertiary/aromatic N) is 3. The second-order valence-corrected chi connectivity index (χ2v) is 24.0. The molecule has 296 valence electrons. The summed E-state index contributed by atoms with van der Waals surface area (Å²) in [5, 5.41) is 6.17. The number of furan rings is 1. The first-order valence-electron chi connectivity index (χ1n) is 21.9. The van der Waals surface area contributed by atoms with E-state index in [0.717, 1.165) is 33.3 Å². The molecule has 1 unspecified atom stereocenters. The molecule has 0 saturated heterocycles. The average Bonchev–Trinajstić information content (AvgIpc) is 3.99. The van der Waals surface area contributed by atoms with Gasteiger partial charge in [-0.15, -0.1) is 9.13 Å². The molecule has 7 aromatic carbocycles. The van der Waals surface area contributed by atoms with Gasteiger partial charge in [-0.05, 0) is 89.0 Å². The number of hydrogen-bond donors (Lipinski definition) is 0. The van der Waals surface area contributed by atoms with Gasteiger partial charge in [-0.25, -0.2) is 0 Å². The quantitative estimate of drug-likeness (QED) is 0.126. The molecule has 2 aliphatic heterocycles. The predicted molar refractivity (Wildman–Crippen MR) is 254 cm³/mol. The Bertz CT molecular complexity index is 3440. The predicted octanol–water partition coefficient (Wildman–Crippen LogP) is 13.0. The summed E-state index contributed by atoms with van der Waals surface area (Å²) in [6, 6.07) is 56.8. The van der Waals surface area contributed by atoms with E-state index in [-0.39, 0.29) is 11.8 Å². The minimum Gasteiger partial charge on any atom is -0.455 e. The van der Waals surface area contributed by atoms with Crippen LogP contribution in [0.2, 0.25) is 19.6 Å². The molecule has 5 heteroatoms. The van der Waals surface area contributed by atoms with Crippen molar-refractivity contribution >= 4 is 57.0 Å². The molecule has 1 spiro atoms. The van der Waals surface area contributed by atoms with Crippen molar-refractivity contribution in [3.05, 3.63) is 180 Å². The van der Waals surface area contributed by atoms with E-state index in [1.807, 2.05) is 0 Å². The maximum Gasteiger partial charge on any atom is 0.364 e. The Morgan fingerprint density at radius 1 is 0.607 bits per heavy atom. The van der Waals surface area contributed by atoms with Gasteiger partial charge in [0, 0.05) is 38.5 Å². The van der Waals surface area contributed by atoms with Crippen LogP contribution in [0.1, 0.15) is 61.8 Å². The zero-order valence-corrected chi connectivity index (χ0v) is 36.9. The molecule has 61 heavy (non-hydrogen) atoms. The first-order chi connectivity index (χ1) is 29.6. The van der Waals surface area contributed by atoms with Gasteiger partial charge in [-0.1, -0.05) is 132 Å². The van der Waals surface area contributed by atoms with Crippen molar-refractivity contribution in [1.82, 2.24) is 4.57 Å². The van der Waals surface area contributed by atoms with Gasteiger partial charge in [0.15, 0.2) is 22.8 Å². The molecule has 0 amide bonds. The number of imidazole rings is 1. The van der Waals surface area contributed by atoms with E-state index >= 15 is 0 Å². The van der Waals surface area contributed by atoms with E-state index in [9.17, 15) is 0 Å². The van der Waals surface area contributed by atoms with E-state index < -0.39 is 13.7 Å². The van der Waals surface area contributed by atoms with Gasteiger partial charge in [0.25, 0.3) is 0 Å². The Hall–Kier alpha value is -6.56. The lowest BCUT2D eigenvalue weighted by molar-refractivity contribution is -0.944. The molecule has 4 nitrogen and oxygen atoms in total. The van der Waals surface area contributed by atoms with Crippen LogP contribution in [0.4, 0.5) is 0 Å². The van der Waals surface area contributed by atoms with Crippen LogP contribution in [0.5, 0.6) is 0 Å². The Labute approximate surface area is 358 Å². The van der Waals surface area contributed by atoms with Crippen LogP contribution in [0.25, 0.3) is 83.2 Å². The SMILES string of the molecule is CC(C)c1cc(-c2ccccc2)cc(C(C)C)c1-n1c2[n+](c3ccc4ccccc4c31)C1(c3ccccc3-c3ccc([Si](C)(C)C)c[n+]31)c1ccc3c(oc4ccccc43)c1-2. The summed E-state index contributed by atoms with van der Waals surface area (Å²) < 4.78 is 15.2. The fourth-order valence-electron chi connectivity index (χ4n) is 10.9. The molecular weight excluding hydrogens is 759 g/mol. The van der Waals surface area contributed by atoms with E-state index in [1.165, 1.54) is 77.3 Å². The molecule has 0 radical (unpaired) electrons. The molecule has 0 aliphatic carbocycles. The summed E-state index contributed by atoms with van der Waals surface area (Å²) in [5.74, 6) is 1.63. The maximum atomic E-state index is 7.19. The van der Waals surface area contributed by atoms with E-state index in [2.05, 4.69) is 219 Å². The highest BCUT2D eigenvalue weighted by atomic mass is 28.3. The Balaban J connectivity index is 1.36. The van der Waals surface area contributed by atoms with Crippen LogP contribution in [0, 0.1) is 0 Å². The highest BCUT2D eigenvalue weighted by molar-refractivity contribution is 6.88. The smallest absolute Gasteiger partial charge is 0.364 e. The fourth-order valence-corrected chi connectivity index (χ4v) is 12.0. The molecule has 0 saturated carbocycles. The average molecular weight is 808 g/mol. The number of hydrogen-bond acceptors (Lipinski definition) is 1. The largest absolute Gasteiger partial charge is 0.455 e. The van der Waals surface area contributed by atoms with Crippen LogP contribution >= 0.6 is 0 Å². The normalized spacial score (nSPS) is 15.5. The lowest BCUT2D eigenvalue weighted by Crippen LogP contribution is -2.72. The van der Waals surface area contributed by atoms with Crippen LogP contribution in [0.15, 0.2) is 162 Å². The van der Waals surface area contributed by atoms with Crippen molar-refractivity contribution in [2.24, 2.45) is 0 Å². The van der Waals surface area contributed by atoms with Gasteiger partial charge >= 0.3 is 11.5 Å². The highest BCUT2D eigenvalue weighted by Crippen LogP contribution is 2.53. The summed E-state index contributed by atoms with van der Waals surface area (Å²) in [5.41, 5.74) is 16.1. The topological polar surface area (TPSA) is 25.8 Å². The number of benzene rings is 7. The van der Waals surface area contributed by atoms with Crippen molar-refractivity contribution in [3.8, 4) is 39.5 Å². The van der Waals surface area contributed by atoms with Crippen molar-refractivity contribution in [2.75, 3.05) is 0 Å². The van der Waals surface area contributed by atoms with Crippen LogP contribution in [0.3, 0.4) is 0 Å². The van der Waals surface area contributed by atoms with Crippen molar-refractivity contribution < 1.29 is 13.6 Å². The lowest BCUT2D eigenvalue weighted by atomic mass is 9.87. The first kappa shape index (κ1) is 36.3. The third kappa shape index (κ3) is 4.81. The molecule has 3 aromatic heterocycles. The number of aromatic nitrogens is 3. The van der Waals surface area contributed by atoms with Crippen LogP contribution in [-0.2, 0) is 5.66 Å². The molecule has 0 fully saturated rings. The van der Waals surface area contributed by atoms with Gasteiger partial charge in [-0.3, -0.25) is 0 Å². The van der Waals surface area contributed by atoms with Crippen molar-refractivity contribution in [3.63, 3.8) is 0 Å². The van der Waals surface area contributed by atoms with Crippen LogP contribution < -0.4 is 14.3 Å². The van der Waals surface area contributed by atoms with Crippen molar-refractivity contribution in [1.29, 1.82) is 0 Å². The summed E-state index contributed by atoms with van der Waals surface area (Å²) >= 11 is 0. The molecule has 2 aliphatic rings. The second kappa shape index (κ2) is 12.7. The Morgan fingerprint density at radius 2 is 1.30 bits per heavy atom. The molecule has 5 heterocycles. The summed E-state index contributed by atoms with van der Waals surface area (Å²) in [7, 11) is -1.76. The van der Waals surface area contributed by atoms with Gasteiger partial charge < -0.3 is 4.42 Å². The van der Waals surface area contributed by atoms with Gasteiger partial charge in [0.05, 0.1) is 24.8 Å².